The van der Waals surface area contributed by atoms with E-state index in [1.165, 1.54) is 25.7 Å². The molecule has 1 fully saturated rings. The van der Waals surface area contributed by atoms with Gasteiger partial charge in [-0.15, -0.1) is 0 Å². The summed E-state index contributed by atoms with van der Waals surface area (Å²) in [6.07, 6.45) is 7.31. The zero-order valence-electron chi connectivity index (χ0n) is 8.63. The van der Waals surface area contributed by atoms with E-state index in [2.05, 4.69) is 17.9 Å². The Hall–Kier alpha value is -0.550. The lowest BCUT2D eigenvalue weighted by Gasteiger charge is -2.26. The molecule has 1 saturated carbocycles. The number of unbranched alkanes of at least 4 members (excludes halogenated alkanes) is 1. The number of rotatable bonds is 5. The van der Waals surface area contributed by atoms with Gasteiger partial charge < -0.3 is 4.90 Å². The molecule has 0 aromatic heterocycles. The predicted octanol–water partition coefficient (Wildman–Crippen LogP) is 2.55. The summed E-state index contributed by atoms with van der Waals surface area (Å²) in [7, 11) is 0. The number of nitrogens with zero attached hydrogens (tertiary/aromatic N) is 2. The number of nitriles is 1. The van der Waals surface area contributed by atoms with Crippen LogP contribution in [0.15, 0.2) is 0 Å². The lowest BCUT2D eigenvalue weighted by Crippen LogP contribution is -2.33. The standard InChI is InChI=1S/C11H20N2/c1-2-13(10-6-5-9-12)11-7-3-4-8-11/h11H,2-8,10H2,1H3. The second kappa shape index (κ2) is 5.99. The summed E-state index contributed by atoms with van der Waals surface area (Å²) in [6, 6.07) is 3.03. The van der Waals surface area contributed by atoms with Gasteiger partial charge in [-0.25, -0.2) is 0 Å². The molecule has 0 aromatic carbocycles. The maximum Gasteiger partial charge on any atom is 0.0622 e. The average molecular weight is 180 g/mol. The van der Waals surface area contributed by atoms with E-state index in [9.17, 15) is 0 Å². The fourth-order valence-corrected chi connectivity index (χ4v) is 2.23. The van der Waals surface area contributed by atoms with Crippen molar-refractivity contribution in [2.45, 2.75) is 51.5 Å². The monoisotopic (exact) mass is 180 g/mol. The Bertz CT molecular complexity index is 165. The van der Waals surface area contributed by atoms with Crippen LogP contribution in [0.3, 0.4) is 0 Å². The van der Waals surface area contributed by atoms with Crippen LogP contribution in [0.5, 0.6) is 0 Å². The predicted molar refractivity (Wildman–Crippen MR) is 54.4 cm³/mol. The van der Waals surface area contributed by atoms with Crippen molar-refractivity contribution >= 4 is 0 Å². The van der Waals surface area contributed by atoms with Gasteiger partial charge in [0.1, 0.15) is 0 Å². The van der Waals surface area contributed by atoms with E-state index in [-0.39, 0.29) is 0 Å². The minimum absolute atomic E-state index is 0.712. The Labute approximate surface area is 81.5 Å². The van der Waals surface area contributed by atoms with Crippen LogP contribution < -0.4 is 0 Å². The molecule has 0 aromatic rings. The summed E-state index contributed by atoms with van der Waals surface area (Å²) in [5.74, 6) is 0. The summed E-state index contributed by atoms with van der Waals surface area (Å²) in [5, 5.41) is 8.45. The second-order valence-corrected chi connectivity index (χ2v) is 3.83. The molecule has 1 aliphatic carbocycles. The van der Waals surface area contributed by atoms with E-state index in [1.54, 1.807) is 0 Å². The van der Waals surface area contributed by atoms with Gasteiger partial charge in [0.2, 0.25) is 0 Å². The van der Waals surface area contributed by atoms with Crippen molar-refractivity contribution in [2.75, 3.05) is 13.1 Å². The van der Waals surface area contributed by atoms with Gasteiger partial charge >= 0.3 is 0 Å². The highest BCUT2D eigenvalue weighted by atomic mass is 15.1. The fraction of sp³-hybridized carbons (Fsp3) is 0.909. The summed E-state index contributed by atoms with van der Waals surface area (Å²) in [4.78, 5) is 2.55. The minimum atomic E-state index is 0.712. The summed E-state index contributed by atoms with van der Waals surface area (Å²) < 4.78 is 0. The maximum atomic E-state index is 8.45. The molecular weight excluding hydrogens is 160 g/mol. The Kier molecular flexibility index (Phi) is 4.85. The fourth-order valence-electron chi connectivity index (χ4n) is 2.23. The third-order valence-electron chi connectivity index (χ3n) is 2.98. The molecule has 2 heteroatoms. The molecule has 74 valence electrons. The third kappa shape index (κ3) is 3.36. The maximum absolute atomic E-state index is 8.45. The molecule has 0 radical (unpaired) electrons. The molecule has 0 atom stereocenters. The van der Waals surface area contributed by atoms with Crippen molar-refractivity contribution in [1.82, 2.24) is 4.90 Å². The van der Waals surface area contributed by atoms with E-state index >= 15 is 0 Å². The largest absolute Gasteiger partial charge is 0.301 e. The van der Waals surface area contributed by atoms with Crippen molar-refractivity contribution in [3.05, 3.63) is 0 Å². The first-order chi connectivity index (χ1) is 6.38. The van der Waals surface area contributed by atoms with Crippen LogP contribution in [0.4, 0.5) is 0 Å². The quantitative estimate of drug-likeness (QED) is 0.608. The normalized spacial score (nSPS) is 17.9. The van der Waals surface area contributed by atoms with Crippen LogP contribution in [-0.4, -0.2) is 24.0 Å². The highest BCUT2D eigenvalue weighted by Gasteiger charge is 2.20. The van der Waals surface area contributed by atoms with Crippen LogP contribution >= 0.6 is 0 Å². The molecule has 0 amide bonds. The van der Waals surface area contributed by atoms with E-state index < -0.39 is 0 Å². The van der Waals surface area contributed by atoms with Gasteiger partial charge in [0.25, 0.3) is 0 Å². The van der Waals surface area contributed by atoms with Crippen LogP contribution in [0.2, 0.25) is 0 Å². The molecule has 0 saturated heterocycles. The summed E-state index contributed by atoms with van der Waals surface area (Å²) in [5.41, 5.74) is 0. The Morgan fingerprint density at radius 3 is 2.62 bits per heavy atom. The van der Waals surface area contributed by atoms with Gasteiger partial charge in [0.05, 0.1) is 6.07 Å². The van der Waals surface area contributed by atoms with Crippen molar-refractivity contribution in [1.29, 1.82) is 5.26 Å². The lowest BCUT2D eigenvalue weighted by atomic mass is 10.2. The van der Waals surface area contributed by atoms with Gasteiger partial charge in [0, 0.05) is 12.5 Å². The van der Waals surface area contributed by atoms with Crippen LogP contribution in [0.1, 0.15) is 45.4 Å². The average Bonchev–Trinajstić information content (AvgIpc) is 2.65. The van der Waals surface area contributed by atoms with Crippen molar-refractivity contribution in [3.8, 4) is 6.07 Å². The van der Waals surface area contributed by atoms with E-state index in [0.717, 1.165) is 25.6 Å². The first-order valence-electron chi connectivity index (χ1n) is 5.49. The van der Waals surface area contributed by atoms with Crippen molar-refractivity contribution < 1.29 is 0 Å². The van der Waals surface area contributed by atoms with E-state index in [0.29, 0.717) is 6.42 Å². The molecule has 1 rings (SSSR count). The first kappa shape index (κ1) is 10.5. The van der Waals surface area contributed by atoms with Crippen molar-refractivity contribution in [3.63, 3.8) is 0 Å². The van der Waals surface area contributed by atoms with Gasteiger partial charge in [-0.3, -0.25) is 0 Å². The van der Waals surface area contributed by atoms with Crippen LogP contribution in [0.25, 0.3) is 0 Å². The molecule has 0 aliphatic heterocycles. The zero-order chi connectivity index (χ0) is 9.52. The van der Waals surface area contributed by atoms with Crippen LogP contribution in [-0.2, 0) is 0 Å². The van der Waals surface area contributed by atoms with Gasteiger partial charge in [-0.2, -0.15) is 5.26 Å². The number of hydrogen-bond donors (Lipinski definition) is 0. The SMILES string of the molecule is CCN(CCCC#N)C1CCCC1. The Morgan fingerprint density at radius 2 is 2.08 bits per heavy atom. The first-order valence-corrected chi connectivity index (χ1v) is 5.49. The van der Waals surface area contributed by atoms with Gasteiger partial charge in [0.15, 0.2) is 0 Å². The molecule has 1 aliphatic rings. The third-order valence-corrected chi connectivity index (χ3v) is 2.98. The highest BCUT2D eigenvalue weighted by Crippen LogP contribution is 2.23. The summed E-state index contributed by atoms with van der Waals surface area (Å²) in [6.45, 7) is 4.50. The molecule has 0 N–H and O–H groups in total. The molecule has 2 nitrogen and oxygen atoms in total. The van der Waals surface area contributed by atoms with Gasteiger partial charge in [-0.05, 0) is 32.4 Å². The van der Waals surface area contributed by atoms with Crippen LogP contribution in [0, 0.1) is 11.3 Å². The van der Waals surface area contributed by atoms with Gasteiger partial charge in [-0.1, -0.05) is 19.8 Å². The Morgan fingerprint density at radius 1 is 1.38 bits per heavy atom. The highest BCUT2D eigenvalue weighted by molar-refractivity contribution is 4.78. The molecule has 0 bridgehead atoms. The zero-order valence-corrected chi connectivity index (χ0v) is 8.63. The van der Waals surface area contributed by atoms with E-state index in [1.807, 2.05) is 0 Å². The molecule has 0 unspecified atom stereocenters. The Balaban J connectivity index is 2.21. The molecule has 0 spiro atoms. The minimum Gasteiger partial charge on any atom is -0.301 e. The number of hydrogen-bond acceptors (Lipinski definition) is 2. The molecule has 0 heterocycles. The van der Waals surface area contributed by atoms with Crippen molar-refractivity contribution in [2.24, 2.45) is 0 Å². The molecular formula is C11H20N2. The topological polar surface area (TPSA) is 27.0 Å². The molecule has 13 heavy (non-hydrogen) atoms. The summed E-state index contributed by atoms with van der Waals surface area (Å²) >= 11 is 0. The second-order valence-electron chi connectivity index (χ2n) is 3.83. The smallest absolute Gasteiger partial charge is 0.0622 e. The van der Waals surface area contributed by atoms with E-state index in [4.69, 9.17) is 5.26 Å². The lowest BCUT2D eigenvalue weighted by molar-refractivity contribution is 0.207.